The molecule has 2 heterocycles. The molecule has 4 aliphatic carbocycles. The lowest BCUT2D eigenvalue weighted by Gasteiger charge is -2.59. The molecule has 518 valence electrons. The molecule has 0 aromatic heterocycles. The van der Waals surface area contributed by atoms with Gasteiger partial charge in [0.05, 0.1) is 38.1 Å². The Balaban J connectivity index is 0.867. The third kappa shape index (κ3) is 17.0. The molecule has 17 atom stereocenters. The number of esters is 2. The smallest absolute Gasteiger partial charge is 0.407 e. The van der Waals surface area contributed by atoms with E-state index in [9.17, 15) is 44.1 Å². The summed E-state index contributed by atoms with van der Waals surface area (Å²) in [5.74, 6) is -1.78. The number of aliphatic hydroxyl groups excluding tert-OH is 2. The van der Waals surface area contributed by atoms with Crippen molar-refractivity contribution >= 4 is 36.0 Å². The van der Waals surface area contributed by atoms with E-state index in [-0.39, 0.29) is 105 Å². The summed E-state index contributed by atoms with van der Waals surface area (Å²) in [4.78, 5) is 78.9. The number of ketones is 1. The Morgan fingerprint density at radius 1 is 0.705 bits per heavy atom. The maximum atomic E-state index is 14.5. The van der Waals surface area contributed by atoms with Crippen molar-refractivity contribution in [1.29, 1.82) is 0 Å². The summed E-state index contributed by atoms with van der Waals surface area (Å²) in [5.41, 5.74) is 2.13. The molecule has 6 N–H and O–H groups in total. The van der Waals surface area contributed by atoms with Crippen LogP contribution in [0.15, 0.2) is 110 Å². The van der Waals surface area contributed by atoms with E-state index in [1.54, 1.807) is 43.3 Å². The highest BCUT2D eigenvalue weighted by molar-refractivity contribution is 5.89. The highest BCUT2D eigenvalue weighted by atomic mass is 16.7. The van der Waals surface area contributed by atoms with Gasteiger partial charge in [0.25, 0.3) is 0 Å². The first-order valence-corrected chi connectivity index (χ1v) is 33.5. The monoisotopic (exact) mass is 1320 g/mol. The van der Waals surface area contributed by atoms with Gasteiger partial charge in [0.1, 0.15) is 48.7 Å². The molecule has 3 aromatic rings. The lowest BCUT2D eigenvalue weighted by atomic mass is 9.46. The highest BCUT2D eigenvalue weighted by Gasteiger charge is 2.70. The topological polar surface area (TPSA) is 291 Å². The quantitative estimate of drug-likeness (QED) is 0.0235. The maximum Gasteiger partial charge on any atom is 0.407 e. The zero-order chi connectivity index (χ0) is 68.2. The van der Waals surface area contributed by atoms with Crippen LogP contribution in [0.2, 0.25) is 0 Å². The zero-order valence-electron chi connectivity index (χ0n) is 55.8. The molecule has 9 unspecified atom stereocenters. The average molecular weight is 1320 g/mol. The molecule has 3 saturated carbocycles. The number of amides is 3. The molecule has 95 heavy (non-hydrogen) atoms. The van der Waals surface area contributed by atoms with Crippen LogP contribution < -0.4 is 20.7 Å². The molecule has 9 rings (SSSR count). The Bertz CT molecular complexity index is 3180. The van der Waals surface area contributed by atoms with Gasteiger partial charge in [-0.25, -0.2) is 19.2 Å². The average Bonchev–Trinajstić information content (AvgIpc) is 1.58. The zero-order valence-corrected chi connectivity index (χ0v) is 55.8. The number of allylic oxidation sites excluding steroid dienone is 1. The first kappa shape index (κ1) is 72.1. The molecule has 0 radical (unpaired) electrons. The second kappa shape index (κ2) is 32.2. The number of rotatable bonds is 27. The van der Waals surface area contributed by atoms with Gasteiger partial charge >= 0.3 is 30.2 Å². The van der Waals surface area contributed by atoms with Gasteiger partial charge in [-0.05, 0) is 127 Å². The normalized spacial score (nSPS) is 31.1. The highest BCUT2D eigenvalue weighted by Crippen LogP contribution is 2.69. The van der Waals surface area contributed by atoms with E-state index < -0.39 is 103 Å². The summed E-state index contributed by atoms with van der Waals surface area (Å²) < 4.78 is 59.3. The first-order valence-electron chi connectivity index (χ1n) is 33.5. The van der Waals surface area contributed by atoms with Crippen molar-refractivity contribution in [3.8, 4) is 5.75 Å². The summed E-state index contributed by atoms with van der Waals surface area (Å²) in [6.45, 7) is 19.4. The summed E-state index contributed by atoms with van der Waals surface area (Å²) in [7, 11) is 1.48. The van der Waals surface area contributed by atoms with E-state index in [0.29, 0.717) is 49.8 Å². The minimum Gasteiger partial charge on any atom is -0.497 e. The van der Waals surface area contributed by atoms with E-state index >= 15 is 0 Å². The molecule has 22 nitrogen and oxygen atoms in total. The van der Waals surface area contributed by atoms with Crippen molar-refractivity contribution < 1.29 is 91.5 Å². The number of hydrogen-bond acceptors (Lipinski definition) is 19. The minimum atomic E-state index is -1.70. The number of alkyl carbamates (subject to hydrolysis) is 3. The summed E-state index contributed by atoms with van der Waals surface area (Å²) in [5, 5.41) is 45.8. The van der Waals surface area contributed by atoms with Gasteiger partial charge in [-0.15, -0.1) is 0 Å². The lowest BCUT2D eigenvalue weighted by molar-refractivity contribution is -0.333. The van der Waals surface area contributed by atoms with Crippen LogP contribution in [0.4, 0.5) is 14.4 Å². The third-order valence-electron chi connectivity index (χ3n) is 21.0. The lowest BCUT2D eigenvalue weighted by Crippen LogP contribution is -2.62. The van der Waals surface area contributed by atoms with E-state index in [1.165, 1.54) is 37.0 Å². The number of methoxy groups -OCH3 is 1. The summed E-state index contributed by atoms with van der Waals surface area (Å²) in [6.07, 6.45) is -1.14. The van der Waals surface area contributed by atoms with Gasteiger partial charge < -0.3 is 78.6 Å². The van der Waals surface area contributed by atoms with Gasteiger partial charge in [-0.2, -0.15) is 0 Å². The van der Waals surface area contributed by atoms with Crippen LogP contribution in [0.5, 0.6) is 5.75 Å². The number of hydrogen-bond donors (Lipinski definition) is 6. The fraction of sp³-hybridized carbons (Fsp3) is 0.589. The van der Waals surface area contributed by atoms with E-state index in [0.717, 1.165) is 36.0 Å². The number of carbonyl (C=O) groups is 6. The fourth-order valence-corrected chi connectivity index (χ4v) is 15.4. The standard InChI is InChI=1S/C73H97N3O19/c1-10-34-87-61(79)29-21-46-13-15-47(16-14-46)39-75-69(83)91-53-30-32-71(7)51(36-53)24-27-54-55(71)31-33-72(8)56(54)37-60(73(72,85)45(6)57(77)28-12-43(3)4)93-66-44(5)63(58(78)41-89-66)95-67-64(94-65(81)50-22-25-52(86-9)26-23-50)62(80)59(42-90-67)92-70(84)76-40-49-19-17-48(18-20-49)38-74-68(82)88-35-11-2/h10-11,13-20,22-26,43-45,53-56,58-60,62-64,66-67,78,80,85H,1-2,12,21,27-42H2,3-9H3,(H,74,82)(H,75,83)(H,76,84)/t44?,45-,53+,54-,55?,56+,58?,59?,60+,62?,63?,64?,66?,67?,71+,72+,73-/m1/s1. The van der Waals surface area contributed by atoms with Crippen molar-refractivity contribution in [2.75, 3.05) is 33.5 Å². The molecule has 22 heteroatoms. The van der Waals surface area contributed by atoms with Crippen molar-refractivity contribution in [1.82, 2.24) is 16.0 Å². The second-order valence-electron chi connectivity index (χ2n) is 27.3. The third-order valence-corrected chi connectivity index (χ3v) is 21.0. The summed E-state index contributed by atoms with van der Waals surface area (Å²) >= 11 is 0. The Labute approximate surface area is 557 Å². The van der Waals surface area contributed by atoms with E-state index in [1.807, 2.05) is 31.2 Å². The van der Waals surface area contributed by atoms with Crippen molar-refractivity contribution in [3.05, 3.63) is 138 Å². The van der Waals surface area contributed by atoms with Crippen LogP contribution in [-0.2, 0) is 78.3 Å². The Kier molecular flexibility index (Phi) is 24.5. The molecule has 2 saturated heterocycles. The molecule has 3 amide bonds. The number of aliphatic hydroxyl groups is 3. The molecule has 6 aliphatic rings. The predicted molar refractivity (Wildman–Crippen MR) is 348 cm³/mol. The van der Waals surface area contributed by atoms with Crippen molar-refractivity contribution in [3.63, 3.8) is 0 Å². The van der Waals surface area contributed by atoms with Crippen LogP contribution in [0.25, 0.3) is 0 Å². The van der Waals surface area contributed by atoms with E-state index in [2.05, 4.69) is 62.9 Å². The SMILES string of the molecule is C=CCOC(=O)CCc1ccc(CNC(=O)O[C@H]2CC[C@@]3(C)C(=CC[C@@H]4C3CC[C@@]3(C)[C@H]4C[C@H](OC4OCC(O)C(OC5OCC(OC(=O)NCc6ccc(CNC(=O)OCC=C)cc6)C(O)C5OC(=O)c5ccc(OC)cc5)C4C)[C@]3(O)[C@H](C)C(=O)CCC(C)C)C2)cc1. The number of fused-ring (bicyclic) bond motifs is 5. The molecule has 0 bridgehead atoms. The van der Waals surface area contributed by atoms with Crippen LogP contribution in [-0.4, -0.2) is 146 Å². The van der Waals surface area contributed by atoms with Crippen LogP contribution in [0.3, 0.4) is 0 Å². The van der Waals surface area contributed by atoms with Gasteiger partial charge in [-0.3, -0.25) is 9.59 Å². The molecular weight excluding hydrogens is 1220 g/mol. The maximum absolute atomic E-state index is 14.5. The largest absolute Gasteiger partial charge is 0.497 e. The molecule has 5 fully saturated rings. The molecule has 3 aromatic carbocycles. The number of carbonyl (C=O) groups excluding carboxylic acids is 6. The number of aryl methyl sites for hydroxylation is 1. The van der Waals surface area contributed by atoms with E-state index in [4.69, 9.17) is 47.4 Å². The van der Waals surface area contributed by atoms with Crippen LogP contribution >= 0.6 is 0 Å². The Morgan fingerprint density at radius 2 is 1.32 bits per heavy atom. The van der Waals surface area contributed by atoms with Gasteiger partial charge in [0, 0.05) is 56.1 Å². The number of nitrogens with one attached hydrogen (secondary N) is 3. The van der Waals surface area contributed by atoms with Gasteiger partial charge in [0.2, 0.25) is 0 Å². The fourth-order valence-electron chi connectivity index (χ4n) is 15.4. The molecule has 2 aliphatic heterocycles. The van der Waals surface area contributed by atoms with Crippen LogP contribution in [0.1, 0.15) is 138 Å². The van der Waals surface area contributed by atoms with Gasteiger partial charge in [-0.1, -0.05) is 127 Å². The first-order chi connectivity index (χ1) is 45.5. The predicted octanol–water partition coefficient (Wildman–Crippen LogP) is 9.67. The van der Waals surface area contributed by atoms with Crippen LogP contribution in [0, 0.1) is 46.3 Å². The van der Waals surface area contributed by atoms with Gasteiger partial charge in [0.15, 0.2) is 24.8 Å². The minimum absolute atomic E-state index is 0.0366. The second-order valence-corrected chi connectivity index (χ2v) is 27.3. The van der Waals surface area contributed by atoms with Crippen molar-refractivity contribution in [2.24, 2.45) is 46.3 Å². The number of ether oxygens (including phenoxy) is 10. The van der Waals surface area contributed by atoms with Crippen molar-refractivity contribution in [2.45, 2.75) is 193 Å². The molecule has 0 spiro atoms. The Morgan fingerprint density at radius 3 is 1.95 bits per heavy atom. The molecular formula is C73H97N3O19. The Hall–Kier alpha value is -7.18. The number of benzene rings is 3. The summed E-state index contributed by atoms with van der Waals surface area (Å²) in [6, 6.07) is 20.9. The number of Topliss-reactive ketones (excluding diaryl/α,β-unsaturated/α-hetero) is 1.